The molecule has 0 saturated heterocycles. The van der Waals surface area contributed by atoms with Gasteiger partial charge in [-0.1, -0.05) is 52.3 Å². The largest absolute Gasteiger partial charge is 0.486 e. The number of ether oxygens (including phenoxy) is 1. The fraction of sp³-hybridized carbons (Fsp3) is 0.250. The fourth-order valence-electron chi connectivity index (χ4n) is 1.91. The minimum absolute atomic E-state index is 0.0985. The Morgan fingerprint density at radius 1 is 1.19 bits per heavy atom. The van der Waals surface area contributed by atoms with Crippen LogP contribution in [0.1, 0.15) is 24.2 Å². The Kier molecular flexibility index (Phi) is 4.96. The highest BCUT2D eigenvalue weighted by molar-refractivity contribution is 9.10. The molecule has 21 heavy (non-hydrogen) atoms. The normalized spacial score (nSPS) is 13.0. The zero-order valence-corrected chi connectivity index (χ0v) is 13.0. The zero-order valence-electron chi connectivity index (χ0n) is 11.4. The van der Waals surface area contributed by atoms with Gasteiger partial charge in [-0.2, -0.15) is 8.78 Å². The molecule has 112 valence electrons. The predicted octanol–water partition coefficient (Wildman–Crippen LogP) is 4.67. The first kappa shape index (κ1) is 15.9. The molecule has 2 aromatic rings. The molecular weight excluding hydrogens is 342 g/mol. The number of alkyl halides is 2. The minimum atomic E-state index is -3.10. The molecule has 1 N–H and O–H groups in total. The van der Waals surface area contributed by atoms with Gasteiger partial charge >= 0.3 is 5.92 Å². The van der Waals surface area contributed by atoms with Crippen molar-refractivity contribution in [3.63, 3.8) is 0 Å². The third-order valence-corrected chi connectivity index (χ3v) is 3.52. The molecule has 0 spiro atoms. The van der Waals surface area contributed by atoms with E-state index in [2.05, 4.69) is 15.9 Å². The molecule has 0 aromatic heterocycles. The summed E-state index contributed by atoms with van der Waals surface area (Å²) in [5.74, 6) is -2.85. The van der Waals surface area contributed by atoms with Crippen LogP contribution in [-0.4, -0.2) is 11.7 Å². The van der Waals surface area contributed by atoms with Gasteiger partial charge in [0.2, 0.25) is 0 Å². The van der Waals surface area contributed by atoms with Gasteiger partial charge in [-0.3, -0.25) is 0 Å². The van der Waals surface area contributed by atoms with Crippen molar-refractivity contribution in [3.8, 4) is 5.75 Å². The lowest BCUT2D eigenvalue weighted by Crippen LogP contribution is -2.23. The third-order valence-electron chi connectivity index (χ3n) is 3.03. The highest BCUT2D eigenvalue weighted by Crippen LogP contribution is 2.32. The van der Waals surface area contributed by atoms with E-state index in [4.69, 9.17) is 4.74 Å². The molecule has 0 amide bonds. The molecular formula is C16H15BrF2O2. The highest BCUT2D eigenvalue weighted by Gasteiger charge is 2.32. The van der Waals surface area contributed by atoms with Crippen molar-refractivity contribution in [3.05, 3.63) is 64.1 Å². The van der Waals surface area contributed by atoms with Gasteiger partial charge in [0.25, 0.3) is 0 Å². The van der Waals surface area contributed by atoms with Crippen LogP contribution >= 0.6 is 15.9 Å². The zero-order chi connectivity index (χ0) is 15.5. The van der Waals surface area contributed by atoms with Crippen LogP contribution in [0.4, 0.5) is 8.78 Å². The molecule has 0 unspecified atom stereocenters. The van der Waals surface area contributed by atoms with E-state index in [1.54, 1.807) is 43.3 Å². The summed E-state index contributed by atoms with van der Waals surface area (Å²) in [5.41, 5.74) is 0.376. The van der Waals surface area contributed by atoms with Gasteiger partial charge in [0.15, 0.2) is 6.61 Å². The summed E-state index contributed by atoms with van der Waals surface area (Å²) in [6, 6.07) is 12.5. The van der Waals surface area contributed by atoms with E-state index in [1.807, 2.05) is 0 Å². The van der Waals surface area contributed by atoms with Crippen LogP contribution in [0.3, 0.4) is 0 Å². The van der Waals surface area contributed by atoms with Crippen molar-refractivity contribution in [2.75, 3.05) is 6.61 Å². The Morgan fingerprint density at radius 2 is 1.86 bits per heavy atom. The molecule has 2 rings (SSSR count). The molecule has 0 heterocycles. The molecule has 2 aromatic carbocycles. The van der Waals surface area contributed by atoms with E-state index in [0.29, 0.717) is 10.0 Å². The van der Waals surface area contributed by atoms with Gasteiger partial charge in [-0.25, -0.2) is 0 Å². The molecule has 0 aliphatic carbocycles. The fourth-order valence-corrected chi connectivity index (χ4v) is 2.25. The minimum Gasteiger partial charge on any atom is -0.486 e. The van der Waals surface area contributed by atoms with Crippen molar-refractivity contribution >= 4 is 15.9 Å². The Bertz CT molecular complexity index is 600. The monoisotopic (exact) mass is 356 g/mol. The molecule has 1 atom stereocenters. The second-order valence-corrected chi connectivity index (χ2v) is 5.63. The average molecular weight is 357 g/mol. The summed E-state index contributed by atoms with van der Waals surface area (Å²) in [7, 11) is 0. The molecule has 0 bridgehead atoms. The van der Waals surface area contributed by atoms with Crippen LogP contribution in [0.25, 0.3) is 0 Å². The maximum absolute atomic E-state index is 14.1. The van der Waals surface area contributed by atoms with E-state index in [-0.39, 0.29) is 11.3 Å². The first-order chi connectivity index (χ1) is 9.90. The second-order valence-electron chi connectivity index (χ2n) is 4.72. The van der Waals surface area contributed by atoms with Crippen LogP contribution in [0.15, 0.2) is 53.0 Å². The van der Waals surface area contributed by atoms with Gasteiger partial charge < -0.3 is 9.84 Å². The Balaban J connectivity index is 2.18. The first-order valence-corrected chi connectivity index (χ1v) is 7.23. The molecule has 5 heteroatoms. The SMILES string of the molecule is C[C@@H](O)c1ccc(Br)cc1OCC(F)(F)c1ccccc1. The molecule has 2 nitrogen and oxygen atoms in total. The molecule has 0 fully saturated rings. The van der Waals surface area contributed by atoms with Crippen LogP contribution in [0.2, 0.25) is 0 Å². The van der Waals surface area contributed by atoms with Crippen LogP contribution in [-0.2, 0) is 5.92 Å². The van der Waals surface area contributed by atoms with Crippen molar-refractivity contribution in [1.82, 2.24) is 0 Å². The first-order valence-electron chi connectivity index (χ1n) is 6.44. The maximum Gasteiger partial charge on any atom is 0.306 e. The molecule has 0 saturated carbocycles. The Morgan fingerprint density at radius 3 is 2.48 bits per heavy atom. The van der Waals surface area contributed by atoms with Crippen molar-refractivity contribution < 1.29 is 18.6 Å². The molecule has 0 aliphatic heterocycles. The number of benzene rings is 2. The number of hydrogen-bond acceptors (Lipinski definition) is 2. The smallest absolute Gasteiger partial charge is 0.306 e. The van der Waals surface area contributed by atoms with Gasteiger partial charge in [0, 0.05) is 15.6 Å². The lowest BCUT2D eigenvalue weighted by atomic mass is 10.1. The number of halogens is 3. The number of rotatable bonds is 5. The summed E-state index contributed by atoms with van der Waals surface area (Å²) in [5, 5.41) is 9.66. The topological polar surface area (TPSA) is 29.5 Å². The van der Waals surface area contributed by atoms with Crippen LogP contribution < -0.4 is 4.74 Å². The summed E-state index contributed by atoms with van der Waals surface area (Å²) >= 11 is 3.26. The van der Waals surface area contributed by atoms with Crippen LogP contribution in [0, 0.1) is 0 Å². The van der Waals surface area contributed by atoms with E-state index in [1.165, 1.54) is 12.1 Å². The Labute approximate surface area is 130 Å². The van der Waals surface area contributed by atoms with E-state index in [9.17, 15) is 13.9 Å². The standard InChI is InChI=1S/C16H15BrF2O2/c1-11(20)14-8-7-13(17)9-15(14)21-10-16(18,19)12-5-3-2-4-6-12/h2-9,11,20H,10H2,1H3/t11-/m1/s1. The highest BCUT2D eigenvalue weighted by atomic mass is 79.9. The molecule has 0 radical (unpaired) electrons. The van der Waals surface area contributed by atoms with Crippen molar-refractivity contribution in [2.45, 2.75) is 19.0 Å². The van der Waals surface area contributed by atoms with Gasteiger partial charge in [0.1, 0.15) is 5.75 Å². The van der Waals surface area contributed by atoms with E-state index < -0.39 is 18.6 Å². The summed E-state index contributed by atoms with van der Waals surface area (Å²) in [6.07, 6.45) is -0.793. The summed E-state index contributed by atoms with van der Waals surface area (Å²) in [6.45, 7) is 0.776. The van der Waals surface area contributed by atoms with E-state index in [0.717, 1.165) is 0 Å². The number of aliphatic hydroxyl groups excluding tert-OH is 1. The third kappa shape index (κ3) is 4.02. The summed E-state index contributed by atoms with van der Waals surface area (Å²) < 4.78 is 34.1. The van der Waals surface area contributed by atoms with Gasteiger partial charge in [-0.15, -0.1) is 0 Å². The lowest BCUT2D eigenvalue weighted by Gasteiger charge is -2.20. The summed E-state index contributed by atoms with van der Waals surface area (Å²) in [4.78, 5) is 0. The quantitative estimate of drug-likeness (QED) is 0.843. The van der Waals surface area contributed by atoms with Crippen LogP contribution in [0.5, 0.6) is 5.75 Å². The van der Waals surface area contributed by atoms with Gasteiger partial charge in [-0.05, 0) is 19.1 Å². The average Bonchev–Trinajstić information content (AvgIpc) is 2.46. The van der Waals surface area contributed by atoms with Crippen molar-refractivity contribution in [2.24, 2.45) is 0 Å². The van der Waals surface area contributed by atoms with E-state index >= 15 is 0 Å². The second kappa shape index (κ2) is 6.54. The molecule has 0 aliphatic rings. The van der Waals surface area contributed by atoms with Crippen molar-refractivity contribution in [1.29, 1.82) is 0 Å². The lowest BCUT2D eigenvalue weighted by molar-refractivity contribution is -0.0473. The number of hydrogen-bond donors (Lipinski definition) is 1. The number of aliphatic hydroxyl groups is 1. The Hall–Kier alpha value is -1.46. The maximum atomic E-state index is 14.1. The van der Waals surface area contributed by atoms with Gasteiger partial charge in [0.05, 0.1) is 6.10 Å². The predicted molar refractivity (Wildman–Crippen MR) is 80.6 cm³/mol.